The number of nitrogens with one attached hydrogen (secondary N) is 1. The molecule has 0 atom stereocenters. The Morgan fingerprint density at radius 1 is 0.926 bits per heavy atom. The molecule has 0 amide bonds. The van der Waals surface area contributed by atoms with Crippen LogP contribution < -0.4 is 19.5 Å². The van der Waals surface area contributed by atoms with E-state index in [9.17, 15) is 0 Å². The van der Waals surface area contributed by atoms with Crippen LogP contribution in [0.1, 0.15) is 0 Å². The van der Waals surface area contributed by atoms with Gasteiger partial charge >= 0.3 is 0 Å². The molecule has 0 fully saturated rings. The molecule has 4 aromatic rings. The number of benzene rings is 1. The highest BCUT2D eigenvalue weighted by Crippen LogP contribution is 2.40. The predicted octanol–water partition coefficient (Wildman–Crippen LogP) is 3.76. The van der Waals surface area contributed by atoms with Gasteiger partial charge in [0.15, 0.2) is 22.9 Å². The average Bonchev–Trinajstić information content (AvgIpc) is 3.36. The minimum atomic E-state index is 0.542. The lowest BCUT2D eigenvalue weighted by molar-refractivity contribution is 0.324. The Bertz CT molecular complexity index is 1050. The molecule has 1 aromatic carbocycles. The van der Waals surface area contributed by atoms with E-state index in [0.29, 0.717) is 28.8 Å². The molecule has 0 aliphatic carbocycles. The molecule has 0 bridgehead atoms. The number of pyridine rings is 1. The predicted molar refractivity (Wildman–Crippen MR) is 100 cm³/mol. The standard InChI is InChI=1S/C19H18N4O4/c1-24-15-9-13(10-16(25-2)18(15)26-3)20-12-6-7-17-21-22-19(23(17)11-12)14-5-4-8-27-14/h4-11,20H,1-3H3. The Morgan fingerprint density at radius 2 is 1.70 bits per heavy atom. The second-order valence-corrected chi connectivity index (χ2v) is 5.69. The van der Waals surface area contributed by atoms with Crippen LogP contribution in [0.25, 0.3) is 17.2 Å². The van der Waals surface area contributed by atoms with Crippen molar-refractivity contribution in [2.24, 2.45) is 0 Å². The lowest BCUT2D eigenvalue weighted by Gasteiger charge is -2.15. The molecule has 4 rings (SSSR count). The van der Waals surface area contributed by atoms with Crippen LogP contribution in [0, 0.1) is 0 Å². The van der Waals surface area contributed by atoms with Gasteiger partial charge in [0.25, 0.3) is 0 Å². The largest absolute Gasteiger partial charge is 0.493 e. The first-order chi connectivity index (χ1) is 13.2. The van der Waals surface area contributed by atoms with Gasteiger partial charge in [-0.25, -0.2) is 0 Å². The quantitative estimate of drug-likeness (QED) is 0.556. The minimum absolute atomic E-state index is 0.542. The van der Waals surface area contributed by atoms with Gasteiger partial charge in [-0.05, 0) is 24.3 Å². The lowest BCUT2D eigenvalue weighted by atomic mass is 10.2. The maximum absolute atomic E-state index is 5.44. The van der Waals surface area contributed by atoms with Crippen LogP contribution in [0.2, 0.25) is 0 Å². The zero-order chi connectivity index (χ0) is 18.8. The van der Waals surface area contributed by atoms with Gasteiger partial charge in [-0.1, -0.05) is 0 Å². The number of furan rings is 1. The molecule has 0 radical (unpaired) electrons. The third-order valence-electron chi connectivity index (χ3n) is 4.10. The van der Waals surface area contributed by atoms with Gasteiger partial charge in [0, 0.05) is 24.0 Å². The summed E-state index contributed by atoms with van der Waals surface area (Å²) in [6.45, 7) is 0. The summed E-state index contributed by atoms with van der Waals surface area (Å²) in [6.07, 6.45) is 3.50. The van der Waals surface area contributed by atoms with E-state index in [4.69, 9.17) is 18.6 Å². The number of hydrogen-bond donors (Lipinski definition) is 1. The van der Waals surface area contributed by atoms with E-state index in [0.717, 1.165) is 17.0 Å². The number of rotatable bonds is 6. The molecule has 27 heavy (non-hydrogen) atoms. The Kier molecular flexibility index (Phi) is 4.29. The molecule has 0 saturated heterocycles. The molecule has 1 N–H and O–H groups in total. The number of anilines is 2. The summed E-state index contributed by atoms with van der Waals surface area (Å²) in [7, 11) is 4.74. The van der Waals surface area contributed by atoms with Gasteiger partial charge < -0.3 is 23.9 Å². The van der Waals surface area contributed by atoms with Crippen LogP contribution in [-0.4, -0.2) is 35.9 Å². The number of fused-ring (bicyclic) bond motifs is 1. The number of nitrogens with zero attached hydrogens (tertiary/aromatic N) is 3. The van der Waals surface area contributed by atoms with Crippen molar-refractivity contribution in [1.82, 2.24) is 14.6 Å². The third kappa shape index (κ3) is 3.01. The monoisotopic (exact) mass is 366 g/mol. The van der Waals surface area contributed by atoms with E-state index in [-0.39, 0.29) is 0 Å². The Balaban J connectivity index is 1.72. The second kappa shape index (κ2) is 6.91. The minimum Gasteiger partial charge on any atom is -0.493 e. The SMILES string of the molecule is COc1cc(Nc2ccc3nnc(-c4ccco4)n3c2)cc(OC)c1OC. The second-order valence-electron chi connectivity index (χ2n) is 5.69. The molecule has 8 heteroatoms. The normalized spacial score (nSPS) is 10.8. The first-order valence-electron chi connectivity index (χ1n) is 8.19. The van der Waals surface area contributed by atoms with E-state index < -0.39 is 0 Å². The Hall–Kier alpha value is -3.68. The summed E-state index contributed by atoms with van der Waals surface area (Å²) in [5.74, 6) is 2.96. The molecule has 138 valence electrons. The van der Waals surface area contributed by atoms with Crippen LogP contribution in [0.4, 0.5) is 11.4 Å². The highest BCUT2D eigenvalue weighted by Gasteiger charge is 2.14. The molecule has 3 heterocycles. The molecule has 0 unspecified atom stereocenters. The maximum Gasteiger partial charge on any atom is 0.204 e. The average molecular weight is 366 g/mol. The molecule has 0 saturated carbocycles. The first kappa shape index (κ1) is 16.8. The fourth-order valence-corrected chi connectivity index (χ4v) is 2.86. The zero-order valence-electron chi connectivity index (χ0n) is 15.1. The third-order valence-corrected chi connectivity index (χ3v) is 4.10. The van der Waals surface area contributed by atoms with Crippen molar-refractivity contribution >= 4 is 17.0 Å². The van der Waals surface area contributed by atoms with Gasteiger partial charge in [-0.15, -0.1) is 10.2 Å². The molecule has 0 spiro atoms. The summed E-state index contributed by atoms with van der Waals surface area (Å²) < 4.78 is 23.5. The van der Waals surface area contributed by atoms with Crippen molar-refractivity contribution in [3.05, 3.63) is 48.9 Å². The lowest BCUT2D eigenvalue weighted by Crippen LogP contribution is -1.99. The topological polar surface area (TPSA) is 83.1 Å². The van der Waals surface area contributed by atoms with Crippen LogP contribution in [-0.2, 0) is 0 Å². The van der Waals surface area contributed by atoms with Crippen molar-refractivity contribution < 1.29 is 18.6 Å². The maximum atomic E-state index is 5.44. The van der Waals surface area contributed by atoms with Crippen LogP contribution in [0.15, 0.2) is 53.3 Å². The summed E-state index contributed by atoms with van der Waals surface area (Å²) in [4.78, 5) is 0. The van der Waals surface area contributed by atoms with Crippen molar-refractivity contribution in [1.29, 1.82) is 0 Å². The van der Waals surface area contributed by atoms with Crippen molar-refractivity contribution in [3.63, 3.8) is 0 Å². The highest BCUT2D eigenvalue weighted by atomic mass is 16.5. The van der Waals surface area contributed by atoms with E-state index in [1.54, 1.807) is 27.6 Å². The van der Waals surface area contributed by atoms with E-state index in [1.807, 2.05) is 47.0 Å². The molecule has 8 nitrogen and oxygen atoms in total. The Morgan fingerprint density at radius 3 is 2.33 bits per heavy atom. The summed E-state index contributed by atoms with van der Waals surface area (Å²) in [6, 6.07) is 11.1. The van der Waals surface area contributed by atoms with Crippen LogP contribution >= 0.6 is 0 Å². The van der Waals surface area contributed by atoms with Crippen LogP contribution in [0.3, 0.4) is 0 Å². The molecule has 3 aromatic heterocycles. The first-order valence-corrected chi connectivity index (χ1v) is 8.19. The van der Waals surface area contributed by atoms with Gasteiger partial charge in [0.2, 0.25) is 11.6 Å². The van der Waals surface area contributed by atoms with E-state index >= 15 is 0 Å². The summed E-state index contributed by atoms with van der Waals surface area (Å²) in [5.41, 5.74) is 2.35. The summed E-state index contributed by atoms with van der Waals surface area (Å²) in [5, 5.41) is 11.7. The molecule has 0 aliphatic heterocycles. The van der Waals surface area contributed by atoms with Crippen molar-refractivity contribution in [2.75, 3.05) is 26.6 Å². The molecule has 0 aliphatic rings. The van der Waals surface area contributed by atoms with Gasteiger partial charge in [-0.2, -0.15) is 0 Å². The summed E-state index contributed by atoms with van der Waals surface area (Å²) >= 11 is 0. The van der Waals surface area contributed by atoms with Gasteiger partial charge in [-0.3, -0.25) is 4.40 Å². The van der Waals surface area contributed by atoms with E-state index in [2.05, 4.69) is 15.5 Å². The Labute approximate surface area is 155 Å². The number of methoxy groups -OCH3 is 3. The highest BCUT2D eigenvalue weighted by molar-refractivity contribution is 5.69. The van der Waals surface area contributed by atoms with Crippen molar-refractivity contribution in [3.8, 4) is 28.8 Å². The number of aromatic nitrogens is 3. The number of ether oxygens (including phenoxy) is 3. The molecular formula is C19H18N4O4. The van der Waals surface area contributed by atoms with Gasteiger partial charge in [0.1, 0.15) is 0 Å². The van der Waals surface area contributed by atoms with Crippen LogP contribution in [0.5, 0.6) is 17.2 Å². The zero-order valence-corrected chi connectivity index (χ0v) is 15.1. The smallest absolute Gasteiger partial charge is 0.204 e. The fraction of sp³-hybridized carbons (Fsp3) is 0.158. The fourth-order valence-electron chi connectivity index (χ4n) is 2.86. The van der Waals surface area contributed by atoms with E-state index in [1.165, 1.54) is 0 Å². The number of hydrogen-bond acceptors (Lipinski definition) is 7. The van der Waals surface area contributed by atoms with Gasteiger partial charge in [0.05, 0.1) is 33.3 Å². The molecular weight excluding hydrogens is 348 g/mol. The van der Waals surface area contributed by atoms with Crippen molar-refractivity contribution in [2.45, 2.75) is 0 Å².